The second-order valence-electron chi connectivity index (χ2n) is 10.6. The lowest BCUT2D eigenvalue weighted by atomic mass is 9.99. The van der Waals surface area contributed by atoms with Gasteiger partial charge < -0.3 is 16.0 Å². The van der Waals surface area contributed by atoms with E-state index in [0.717, 1.165) is 43.0 Å². The molecule has 0 radical (unpaired) electrons. The van der Waals surface area contributed by atoms with Gasteiger partial charge in [0.1, 0.15) is 17.5 Å². The number of hydrogen-bond acceptors (Lipinski definition) is 4. The molecule has 3 N–H and O–H groups in total. The van der Waals surface area contributed by atoms with Gasteiger partial charge in [0.2, 0.25) is 17.7 Å². The Balaban J connectivity index is 0.000000716. The highest BCUT2D eigenvalue weighted by molar-refractivity contribution is 6.31. The van der Waals surface area contributed by atoms with Crippen molar-refractivity contribution in [2.45, 2.75) is 106 Å². The Bertz CT molecular complexity index is 1320. The molecular weight excluding hydrogens is 610 g/mol. The molecule has 3 rings (SSSR count). The third kappa shape index (κ3) is 19.0. The summed E-state index contributed by atoms with van der Waals surface area (Å²) in [6.45, 7) is 14.8. The predicted octanol–water partition coefficient (Wildman–Crippen LogP) is 9.37. The molecule has 256 valence electrons. The van der Waals surface area contributed by atoms with Gasteiger partial charge in [-0.1, -0.05) is 91.0 Å². The minimum Gasteiger partial charge on any atom is -0.356 e. The van der Waals surface area contributed by atoms with E-state index in [2.05, 4.69) is 41.7 Å². The Morgan fingerprint density at radius 2 is 1.59 bits per heavy atom. The fraction of sp³-hybridized carbons (Fsp3) is 0.500. The SMILES string of the molecule is CC.CC(=O)NCc1cccc(F)c1Cl.CCCCC(C)CCC(=O)Nc1cc2cc(F)ccc2cn1.CCCCNC(=O)CC. The van der Waals surface area contributed by atoms with Gasteiger partial charge in [-0.25, -0.2) is 13.8 Å². The number of aromatic nitrogens is 1. The van der Waals surface area contributed by atoms with Gasteiger partial charge in [0, 0.05) is 44.4 Å². The standard InChI is InChI=1S/C18H23FN2O.C9H9ClFNO.C7H15NO.C2H6/c1-3-4-5-13(2)6-9-18(22)21-17-11-15-10-16(19)8-7-14(15)12-20-17;1-6(13)12-5-7-3-2-4-8(11)9(7)10;1-3-5-6-8-7(9)4-2;1-2/h7-8,10-13H,3-6,9H2,1-2H3,(H,20,21,22);2-4H,5H2,1H3,(H,12,13);3-6H2,1-2H3,(H,8,9);1-2H3. The summed E-state index contributed by atoms with van der Waals surface area (Å²) in [7, 11) is 0. The molecule has 10 heteroatoms. The van der Waals surface area contributed by atoms with E-state index < -0.39 is 5.82 Å². The minimum absolute atomic E-state index is 0.0356. The predicted molar refractivity (Wildman–Crippen MR) is 187 cm³/mol. The monoisotopic (exact) mass is 662 g/mol. The number of halogens is 3. The third-order valence-electron chi connectivity index (χ3n) is 6.60. The van der Waals surface area contributed by atoms with E-state index in [1.54, 1.807) is 30.5 Å². The van der Waals surface area contributed by atoms with Crippen LogP contribution in [0.15, 0.2) is 48.7 Å². The molecule has 7 nitrogen and oxygen atoms in total. The van der Waals surface area contributed by atoms with Crippen LogP contribution in [0.3, 0.4) is 0 Å². The smallest absolute Gasteiger partial charge is 0.225 e. The molecule has 3 amide bonds. The van der Waals surface area contributed by atoms with Crippen molar-refractivity contribution in [1.82, 2.24) is 15.6 Å². The minimum atomic E-state index is -0.468. The number of carbonyl (C=O) groups excluding carboxylic acids is 3. The first kappa shape index (κ1) is 42.4. The second-order valence-corrected chi connectivity index (χ2v) is 11.0. The largest absolute Gasteiger partial charge is 0.356 e. The van der Waals surface area contributed by atoms with E-state index >= 15 is 0 Å². The van der Waals surface area contributed by atoms with Crippen LogP contribution >= 0.6 is 11.6 Å². The van der Waals surface area contributed by atoms with Crippen molar-refractivity contribution in [3.63, 3.8) is 0 Å². The molecule has 0 spiro atoms. The van der Waals surface area contributed by atoms with E-state index in [4.69, 9.17) is 11.6 Å². The van der Waals surface area contributed by atoms with E-state index in [9.17, 15) is 23.2 Å². The number of unbranched alkanes of at least 4 members (excludes halogenated alkanes) is 2. The fourth-order valence-corrected chi connectivity index (χ4v) is 4.09. The Morgan fingerprint density at radius 1 is 0.891 bits per heavy atom. The van der Waals surface area contributed by atoms with Crippen LogP contribution in [0.25, 0.3) is 10.8 Å². The van der Waals surface area contributed by atoms with E-state index in [1.807, 2.05) is 20.8 Å². The summed E-state index contributed by atoms with van der Waals surface area (Å²) >= 11 is 5.65. The molecule has 0 bridgehead atoms. The summed E-state index contributed by atoms with van der Waals surface area (Å²) in [5, 5.41) is 9.78. The number of amides is 3. The lowest BCUT2D eigenvalue weighted by Crippen LogP contribution is -2.22. The normalized spacial score (nSPS) is 10.6. The molecule has 0 aliphatic rings. The molecule has 2 aromatic carbocycles. The molecule has 46 heavy (non-hydrogen) atoms. The summed E-state index contributed by atoms with van der Waals surface area (Å²) in [5.74, 6) is 0.231. The van der Waals surface area contributed by atoms with Crippen molar-refractivity contribution in [3.8, 4) is 0 Å². The van der Waals surface area contributed by atoms with Crippen LogP contribution in [0, 0.1) is 17.6 Å². The number of nitrogens with one attached hydrogen (secondary N) is 3. The molecule has 0 saturated carbocycles. The maximum atomic E-state index is 13.2. The molecular formula is C36H53ClF2N4O3. The second kappa shape index (κ2) is 25.6. The Hall–Kier alpha value is -3.59. The first-order valence-corrected chi connectivity index (χ1v) is 16.7. The lowest BCUT2D eigenvalue weighted by Gasteiger charge is -2.10. The number of rotatable bonds is 13. The van der Waals surface area contributed by atoms with Gasteiger partial charge in [-0.3, -0.25) is 14.4 Å². The van der Waals surface area contributed by atoms with Crippen LogP contribution in [-0.2, 0) is 20.9 Å². The summed E-state index contributed by atoms with van der Waals surface area (Å²) in [6, 6.07) is 10.7. The van der Waals surface area contributed by atoms with Gasteiger partial charge in [-0.15, -0.1) is 0 Å². The molecule has 0 fully saturated rings. The number of carbonyl (C=O) groups is 3. The molecule has 0 aliphatic carbocycles. The molecule has 1 heterocycles. The maximum absolute atomic E-state index is 13.2. The molecule has 1 aromatic heterocycles. The number of benzene rings is 2. The zero-order chi connectivity index (χ0) is 34.9. The quantitative estimate of drug-likeness (QED) is 0.159. The Labute approximate surface area is 279 Å². The lowest BCUT2D eigenvalue weighted by molar-refractivity contribution is -0.121. The van der Waals surface area contributed by atoms with Crippen LogP contribution in [0.2, 0.25) is 5.02 Å². The number of anilines is 1. The van der Waals surface area contributed by atoms with Gasteiger partial charge in [0.15, 0.2) is 0 Å². The zero-order valence-electron chi connectivity index (χ0n) is 28.6. The van der Waals surface area contributed by atoms with Crippen molar-refractivity contribution in [1.29, 1.82) is 0 Å². The van der Waals surface area contributed by atoms with Crippen LogP contribution in [-0.4, -0.2) is 29.3 Å². The summed E-state index contributed by atoms with van der Waals surface area (Å²) < 4.78 is 26.1. The van der Waals surface area contributed by atoms with Crippen molar-refractivity contribution in [3.05, 3.63) is 70.9 Å². The summed E-state index contributed by atoms with van der Waals surface area (Å²) in [6.07, 6.45) is 9.42. The first-order valence-electron chi connectivity index (χ1n) is 16.3. The molecule has 1 unspecified atom stereocenters. The van der Waals surface area contributed by atoms with Crippen LogP contribution < -0.4 is 16.0 Å². The molecule has 0 aliphatic heterocycles. The Morgan fingerprint density at radius 3 is 2.22 bits per heavy atom. The van der Waals surface area contributed by atoms with Crippen molar-refractivity contribution in [2.24, 2.45) is 5.92 Å². The Kier molecular flexibility index (Phi) is 23.6. The van der Waals surface area contributed by atoms with E-state index in [-0.39, 0.29) is 35.1 Å². The van der Waals surface area contributed by atoms with Crippen LogP contribution in [0.1, 0.15) is 105 Å². The summed E-state index contributed by atoms with van der Waals surface area (Å²) in [4.78, 5) is 37.3. The van der Waals surface area contributed by atoms with Gasteiger partial charge >= 0.3 is 0 Å². The van der Waals surface area contributed by atoms with Crippen molar-refractivity contribution < 1.29 is 23.2 Å². The van der Waals surface area contributed by atoms with Gasteiger partial charge in [0.05, 0.1) is 5.02 Å². The highest BCUT2D eigenvalue weighted by Gasteiger charge is 2.09. The highest BCUT2D eigenvalue weighted by Crippen LogP contribution is 2.20. The third-order valence-corrected chi connectivity index (χ3v) is 7.02. The zero-order valence-corrected chi connectivity index (χ0v) is 29.3. The maximum Gasteiger partial charge on any atom is 0.225 e. The van der Waals surface area contributed by atoms with Crippen molar-refractivity contribution in [2.75, 3.05) is 11.9 Å². The first-order chi connectivity index (χ1) is 22.0. The average molecular weight is 663 g/mol. The number of hydrogen-bond donors (Lipinski definition) is 3. The van der Waals surface area contributed by atoms with Gasteiger partial charge in [-0.2, -0.15) is 0 Å². The number of nitrogens with zero attached hydrogens (tertiary/aromatic N) is 1. The fourth-order valence-electron chi connectivity index (χ4n) is 3.89. The molecule has 3 aromatic rings. The average Bonchev–Trinajstić information content (AvgIpc) is 3.04. The van der Waals surface area contributed by atoms with E-state index in [0.29, 0.717) is 30.1 Å². The van der Waals surface area contributed by atoms with E-state index in [1.165, 1.54) is 38.0 Å². The van der Waals surface area contributed by atoms with Crippen molar-refractivity contribution >= 4 is 45.9 Å². The molecule has 0 saturated heterocycles. The highest BCUT2D eigenvalue weighted by atomic mass is 35.5. The topological polar surface area (TPSA) is 100 Å². The number of fused-ring (bicyclic) bond motifs is 1. The number of pyridine rings is 1. The summed E-state index contributed by atoms with van der Waals surface area (Å²) in [5.41, 5.74) is 0.580. The van der Waals surface area contributed by atoms with Gasteiger partial charge in [-0.05, 0) is 60.0 Å². The van der Waals surface area contributed by atoms with Crippen LogP contribution in [0.4, 0.5) is 14.6 Å². The molecule has 1 atom stereocenters. The van der Waals surface area contributed by atoms with Gasteiger partial charge in [0.25, 0.3) is 0 Å². The van der Waals surface area contributed by atoms with Crippen LogP contribution in [0.5, 0.6) is 0 Å².